The van der Waals surface area contributed by atoms with Gasteiger partial charge in [0, 0.05) is 12.6 Å². The monoisotopic (exact) mass is 421 g/mol. The highest BCUT2D eigenvalue weighted by Gasteiger charge is 2.19. The summed E-state index contributed by atoms with van der Waals surface area (Å²) in [5, 5.41) is 9.87. The van der Waals surface area contributed by atoms with Gasteiger partial charge in [-0.25, -0.2) is 0 Å². The Morgan fingerprint density at radius 1 is 1.32 bits per heavy atom. The van der Waals surface area contributed by atoms with Gasteiger partial charge in [0.15, 0.2) is 28.1 Å². The van der Waals surface area contributed by atoms with Crippen molar-refractivity contribution in [3.8, 4) is 17.1 Å². The Morgan fingerprint density at radius 3 is 2.80 bits per heavy atom. The van der Waals surface area contributed by atoms with Crippen molar-refractivity contribution in [1.82, 2.24) is 14.8 Å². The lowest BCUT2D eigenvalue weighted by atomic mass is 10.2. The molecule has 130 valence electrons. The summed E-state index contributed by atoms with van der Waals surface area (Å²) in [5.74, 6) is 1.76. The van der Waals surface area contributed by atoms with E-state index in [1.165, 1.54) is 11.8 Å². The molecule has 0 amide bonds. The number of benzene rings is 1. The average molecular weight is 422 g/mol. The van der Waals surface area contributed by atoms with Gasteiger partial charge in [0.2, 0.25) is 0 Å². The minimum atomic E-state index is 0.263. The van der Waals surface area contributed by atoms with Crippen LogP contribution in [0.25, 0.3) is 11.4 Å². The third-order valence-corrected chi connectivity index (χ3v) is 5.26. The highest BCUT2D eigenvalue weighted by molar-refractivity contribution is 9.10. The fourth-order valence-corrected chi connectivity index (χ4v) is 3.78. The van der Waals surface area contributed by atoms with Gasteiger partial charge in [-0.3, -0.25) is 4.79 Å². The first-order chi connectivity index (χ1) is 12.2. The number of hydrogen-bond donors (Lipinski definition) is 0. The number of carbonyl (C=O) groups excluding carboxylic acids is 1. The van der Waals surface area contributed by atoms with Crippen LogP contribution in [0.3, 0.4) is 0 Å². The molecular formula is C17H16BrN3O3S. The molecule has 3 rings (SSSR count). The van der Waals surface area contributed by atoms with Crippen LogP contribution < -0.4 is 4.74 Å². The molecule has 0 aliphatic heterocycles. The van der Waals surface area contributed by atoms with Gasteiger partial charge in [-0.1, -0.05) is 12.1 Å². The molecule has 8 heteroatoms. The molecule has 0 atom stereocenters. The summed E-state index contributed by atoms with van der Waals surface area (Å²) in [4.78, 5) is 10.9. The van der Waals surface area contributed by atoms with Crippen LogP contribution in [0.1, 0.15) is 24.4 Å². The van der Waals surface area contributed by atoms with E-state index in [-0.39, 0.29) is 5.76 Å². The van der Waals surface area contributed by atoms with Gasteiger partial charge < -0.3 is 13.7 Å². The predicted octanol–water partition coefficient (Wildman–Crippen LogP) is 4.68. The Kier molecular flexibility index (Phi) is 5.60. The summed E-state index contributed by atoms with van der Waals surface area (Å²) < 4.78 is 13.9. The molecule has 0 spiro atoms. The largest absolute Gasteiger partial charge is 0.493 e. The summed E-state index contributed by atoms with van der Waals surface area (Å²) in [5.41, 5.74) is 0.887. The smallest absolute Gasteiger partial charge is 0.199 e. The topological polar surface area (TPSA) is 70.2 Å². The van der Waals surface area contributed by atoms with E-state index in [0.717, 1.165) is 17.1 Å². The fraction of sp³-hybridized carbons (Fsp3) is 0.235. The van der Waals surface area contributed by atoms with Crippen molar-refractivity contribution >= 4 is 34.0 Å². The first-order valence-corrected chi connectivity index (χ1v) is 9.36. The van der Waals surface area contributed by atoms with Crippen molar-refractivity contribution in [2.75, 3.05) is 6.61 Å². The number of aromatic nitrogens is 3. The van der Waals surface area contributed by atoms with Crippen molar-refractivity contribution in [2.45, 2.75) is 30.6 Å². The minimum absolute atomic E-state index is 0.263. The van der Waals surface area contributed by atoms with Gasteiger partial charge in [-0.05, 0) is 53.7 Å². The zero-order chi connectivity index (χ0) is 17.8. The summed E-state index contributed by atoms with van der Waals surface area (Å²) in [6, 6.07) is 9.38. The number of hydrogen-bond acceptors (Lipinski definition) is 6. The van der Waals surface area contributed by atoms with Gasteiger partial charge in [-0.2, -0.15) is 0 Å². The highest BCUT2D eigenvalue weighted by Crippen LogP contribution is 2.37. The molecule has 1 aromatic carbocycles. The van der Waals surface area contributed by atoms with Crippen LogP contribution in [0.15, 0.2) is 49.5 Å². The second kappa shape index (κ2) is 7.88. The Labute approximate surface area is 157 Å². The number of ether oxygens (including phenoxy) is 1. The molecule has 2 heterocycles. The summed E-state index contributed by atoms with van der Waals surface area (Å²) in [6.45, 7) is 5.23. The van der Waals surface area contributed by atoms with E-state index in [4.69, 9.17) is 9.15 Å². The molecule has 0 bridgehead atoms. The predicted molar refractivity (Wildman–Crippen MR) is 98.2 cm³/mol. The first kappa shape index (κ1) is 17.8. The number of aldehydes is 1. The maximum Gasteiger partial charge on any atom is 0.199 e. The number of furan rings is 1. The Balaban J connectivity index is 1.99. The third kappa shape index (κ3) is 3.64. The second-order valence-corrected chi connectivity index (χ2v) is 6.78. The fourth-order valence-electron chi connectivity index (χ4n) is 2.36. The SMILES string of the molecule is CCOc1ccccc1-c1nnc(Sc2oc(C=O)cc2Br)n1CC. The molecule has 0 unspecified atom stereocenters. The van der Waals surface area contributed by atoms with Gasteiger partial charge in [0.25, 0.3) is 0 Å². The number of rotatable bonds is 7. The number of para-hydroxylation sites is 1. The van der Waals surface area contributed by atoms with Crippen molar-refractivity contribution < 1.29 is 13.9 Å². The van der Waals surface area contributed by atoms with Crippen LogP contribution in [0.5, 0.6) is 5.75 Å². The molecule has 0 fully saturated rings. The normalized spacial score (nSPS) is 10.8. The van der Waals surface area contributed by atoms with E-state index in [2.05, 4.69) is 26.1 Å². The van der Waals surface area contributed by atoms with E-state index in [1.54, 1.807) is 6.07 Å². The molecule has 0 aliphatic rings. The maximum atomic E-state index is 10.9. The van der Waals surface area contributed by atoms with Crippen LogP contribution in [-0.2, 0) is 6.54 Å². The van der Waals surface area contributed by atoms with Crippen LogP contribution >= 0.6 is 27.7 Å². The Hall–Kier alpha value is -2.06. The van der Waals surface area contributed by atoms with Gasteiger partial charge in [-0.15, -0.1) is 10.2 Å². The Morgan fingerprint density at radius 2 is 2.12 bits per heavy atom. The Bertz CT molecular complexity index is 891. The lowest BCUT2D eigenvalue weighted by molar-refractivity contribution is 0.109. The number of carbonyl (C=O) groups is 1. The van der Waals surface area contributed by atoms with Crippen molar-refractivity contribution in [2.24, 2.45) is 0 Å². The highest BCUT2D eigenvalue weighted by atomic mass is 79.9. The third-order valence-electron chi connectivity index (χ3n) is 3.44. The van der Waals surface area contributed by atoms with E-state index >= 15 is 0 Å². The van der Waals surface area contributed by atoms with Crippen LogP contribution in [0.2, 0.25) is 0 Å². The zero-order valence-corrected chi connectivity index (χ0v) is 16.1. The molecule has 0 aliphatic carbocycles. The van der Waals surface area contributed by atoms with E-state index in [1.807, 2.05) is 42.7 Å². The number of halogens is 1. The average Bonchev–Trinajstić information content (AvgIpc) is 3.19. The molecule has 3 aromatic rings. The molecule has 0 saturated carbocycles. The van der Waals surface area contributed by atoms with Crippen molar-refractivity contribution in [3.05, 3.63) is 40.6 Å². The quantitative estimate of drug-likeness (QED) is 0.515. The van der Waals surface area contributed by atoms with Crippen LogP contribution in [0, 0.1) is 0 Å². The standard InChI is InChI=1S/C17H16BrN3O3S/c1-3-21-15(12-7-5-6-8-14(12)23-4-2)19-20-17(21)25-16-13(18)9-11(10-22)24-16/h5-10H,3-4H2,1-2H3. The minimum Gasteiger partial charge on any atom is -0.493 e. The summed E-state index contributed by atoms with van der Waals surface area (Å²) in [7, 11) is 0. The van der Waals surface area contributed by atoms with Crippen molar-refractivity contribution in [3.63, 3.8) is 0 Å². The van der Waals surface area contributed by atoms with E-state index < -0.39 is 0 Å². The molecule has 2 aromatic heterocycles. The van der Waals surface area contributed by atoms with E-state index in [9.17, 15) is 4.79 Å². The molecule has 0 radical (unpaired) electrons. The summed E-state index contributed by atoms with van der Waals surface area (Å²) in [6.07, 6.45) is 0.670. The van der Waals surface area contributed by atoms with Crippen molar-refractivity contribution in [1.29, 1.82) is 0 Å². The molecule has 0 saturated heterocycles. The molecule has 0 N–H and O–H groups in total. The van der Waals surface area contributed by atoms with Gasteiger partial charge in [0.05, 0.1) is 16.6 Å². The summed E-state index contributed by atoms with van der Waals surface area (Å²) >= 11 is 4.71. The maximum absolute atomic E-state index is 10.9. The lowest BCUT2D eigenvalue weighted by Gasteiger charge is -2.11. The number of nitrogens with zero attached hydrogens (tertiary/aromatic N) is 3. The molecule has 25 heavy (non-hydrogen) atoms. The zero-order valence-electron chi connectivity index (χ0n) is 13.7. The first-order valence-electron chi connectivity index (χ1n) is 7.75. The van der Waals surface area contributed by atoms with Crippen LogP contribution in [0.4, 0.5) is 0 Å². The second-order valence-electron chi connectivity index (χ2n) is 4.98. The van der Waals surface area contributed by atoms with Gasteiger partial charge >= 0.3 is 0 Å². The molecule has 6 nitrogen and oxygen atoms in total. The lowest BCUT2D eigenvalue weighted by Crippen LogP contribution is -2.01. The molecular weight excluding hydrogens is 406 g/mol. The van der Waals surface area contributed by atoms with E-state index in [0.29, 0.717) is 34.2 Å². The van der Waals surface area contributed by atoms with Gasteiger partial charge in [0.1, 0.15) is 5.75 Å². The van der Waals surface area contributed by atoms with Crippen LogP contribution in [-0.4, -0.2) is 27.7 Å².